The number of hydrogen-bond donors (Lipinski definition) is 0. The summed E-state index contributed by atoms with van der Waals surface area (Å²) >= 11 is 0. The topological polar surface area (TPSA) is 75.7 Å². The average Bonchev–Trinajstić information content (AvgIpc) is 1.75. The normalized spacial score (nSPS) is 14.3. The first-order valence-electron chi connectivity index (χ1n) is 4.72. The van der Waals surface area contributed by atoms with Gasteiger partial charge in [0.25, 0.3) is 0 Å². The molecule has 0 aromatic rings. The lowest BCUT2D eigenvalue weighted by Crippen LogP contribution is -2.42. The molecule has 0 aliphatic heterocycles. The van der Waals surface area contributed by atoms with Crippen LogP contribution in [-0.4, -0.2) is 36.2 Å². The van der Waals surface area contributed by atoms with Crippen LogP contribution >= 0.6 is 0 Å². The van der Waals surface area contributed by atoms with Gasteiger partial charge in [-0.05, 0) is 38.8 Å². The maximum absolute atomic E-state index is 10.2. The first-order chi connectivity index (χ1) is 6.41. The Bertz CT molecular complexity index is 293. The molecule has 8 heteroatoms. The highest BCUT2D eigenvalue weighted by Crippen LogP contribution is 2.18. The smallest absolute Gasteiger partial charge is 0.217 e. The van der Waals surface area contributed by atoms with E-state index in [9.17, 15) is 13.0 Å². The van der Waals surface area contributed by atoms with Crippen LogP contribution in [0.15, 0.2) is 0 Å². The van der Waals surface area contributed by atoms with Gasteiger partial charge in [-0.2, -0.15) is 0 Å². The molecule has 5 nitrogen and oxygen atoms in total. The van der Waals surface area contributed by atoms with Gasteiger partial charge in [-0.1, -0.05) is 0 Å². The van der Waals surface area contributed by atoms with Crippen molar-refractivity contribution in [2.45, 2.75) is 38.8 Å². The molecular formula is C7H19O5SSi2-. The zero-order valence-electron chi connectivity index (χ0n) is 9.86. The monoisotopic (exact) mass is 271 g/mol. The molecule has 0 radical (unpaired) electrons. The highest BCUT2D eigenvalue weighted by atomic mass is 32.3. The van der Waals surface area contributed by atoms with E-state index in [1.807, 2.05) is 13.1 Å². The third-order valence-electron chi connectivity index (χ3n) is 1.51. The van der Waals surface area contributed by atoms with Crippen LogP contribution in [0, 0.1) is 0 Å². The summed E-state index contributed by atoms with van der Waals surface area (Å²) in [5.41, 5.74) is 0. The van der Waals surface area contributed by atoms with Gasteiger partial charge >= 0.3 is 0 Å². The molecule has 0 aromatic heterocycles. The van der Waals surface area contributed by atoms with Crippen molar-refractivity contribution >= 4 is 27.0 Å². The van der Waals surface area contributed by atoms with Crippen LogP contribution in [0.5, 0.6) is 0 Å². The molecule has 0 aromatic carbocycles. The average molecular weight is 271 g/mol. The van der Waals surface area contributed by atoms with Crippen LogP contribution in [0.2, 0.25) is 38.8 Å². The first-order valence-corrected chi connectivity index (χ1v) is 12.6. The van der Waals surface area contributed by atoms with Crippen molar-refractivity contribution in [1.82, 2.24) is 0 Å². The summed E-state index contributed by atoms with van der Waals surface area (Å²) in [6.07, 6.45) is 0. The molecule has 0 aliphatic rings. The molecule has 0 fully saturated rings. The molecule has 0 saturated carbocycles. The Labute approximate surface area is 94.0 Å². The lowest BCUT2D eigenvalue weighted by Gasteiger charge is -2.31. The van der Waals surface area contributed by atoms with Crippen LogP contribution < -0.4 is 0 Å². The van der Waals surface area contributed by atoms with Crippen LogP contribution in [-0.2, 0) is 18.7 Å². The fourth-order valence-electron chi connectivity index (χ4n) is 1.27. The van der Waals surface area contributed by atoms with Gasteiger partial charge in [0.05, 0.1) is 6.61 Å². The van der Waals surface area contributed by atoms with Gasteiger partial charge in [-0.3, -0.25) is 4.18 Å². The lowest BCUT2D eigenvalue weighted by molar-refractivity contribution is 0.272. The van der Waals surface area contributed by atoms with Crippen LogP contribution in [0.1, 0.15) is 0 Å². The summed E-state index contributed by atoms with van der Waals surface area (Å²) in [7, 11) is -8.08. The molecule has 0 amide bonds. The van der Waals surface area contributed by atoms with Gasteiger partial charge in [0.2, 0.25) is 10.4 Å². The van der Waals surface area contributed by atoms with Crippen LogP contribution in [0.4, 0.5) is 0 Å². The van der Waals surface area contributed by atoms with Crippen molar-refractivity contribution in [1.29, 1.82) is 0 Å². The Balaban J connectivity index is 4.06. The fourth-order valence-corrected chi connectivity index (χ4v) is 9.34. The molecule has 0 saturated heterocycles. The molecule has 0 unspecified atom stereocenters. The maximum atomic E-state index is 10.2. The van der Waals surface area contributed by atoms with Crippen molar-refractivity contribution in [3.8, 4) is 0 Å². The number of hydrogen-bond acceptors (Lipinski definition) is 5. The zero-order valence-corrected chi connectivity index (χ0v) is 12.7. The lowest BCUT2D eigenvalue weighted by atomic mass is 10.9. The van der Waals surface area contributed by atoms with E-state index in [0.29, 0.717) is 6.04 Å². The standard InChI is InChI=1S/C7H20O5SSi2/c1-14(2,3)12-15(4,5)7-6-11-13(8,9)10/h6-7H2,1-5H3,(H,8,9,10)/p-1. The van der Waals surface area contributed by atoms with E-state index < -0.39 is 27.0 Å². The van der Waals surface area contributed by atoms with Crippen LogP contribution in [0.25, 0.3) is 0 Å². The van der Waals surface area contributed by atoms with E-state index in [-0.39, 0.29) is 6.61 Å². The summed E-state index contributed by atoms with van der Waals surface area (Å²) in [6, 6.07) is 0.513. The Morgan fingerprint density at radius 1 is 1.13 bits per heavy atom. The molecule has 15 heavy (non-hydrogen) atoms. The van der Waals surface area contributed by atoms with E-state index in [1.54, 1.807) is 0 Å². The minimum atomic E-state index is -4.56. The second-order valence-corrected chi connectivity index (χ2v) is 15.1. The third-order valence-corrected chi connectivity index (χ3v) is 8.04. The Kier molecular flexibility index (Phi) is 5.15. The zero-order chi connectivity index (χ0) is 12.3. The van der Waals surface area contributed by atoms with Crippen molar-refractivity contribution in [3.63, 3.8) is 0 Å². The summed E-state index contributed by atoms with van der Waals surface area (Å²) < 4.78 is 40.7. The molecule has 0 rings (SSSR count). The van der Waals surface area contributed by atoms with Crippen molar-refractivity contribution in [2.75, 3.05) is 6.61 Å². The number of rotatable bonds is 6. The molecule has 0 spiro atoms. The Hall–Kier alpha value is 0.264. The van der Waals surface area contributed by atoms with Gasteiger partial charge in [0, 0.05) is 0 Å². The highest BCUT2D eigenvalue weighted by Gasteiger charge is 2.29. The van der Waals surface area contributed by atoms with Crippen molar-refractivity contribution in [3.05, 3.63) is 0 Å². The van der Waals surface area contributed by atoms with E-state index in [2.05, 4.69) is 23.8 Å². The molecule has 0 atom stereocenters. The third kappa shape index (κ3) is 10.5. The van der Waals surface area contributed by atoms with Crippen LogP contribution in [0.3, 0.4) is 0 Å². The van der Waals surface area contributed by atoms with Gasteiger partial charge in [0.15, 0.2) is 16.6 Å². The predicted octanol–water partition coefficient (Wildman–Crippen LogP) is 1.52. The minimum absolute atomic E-state index is 0.0739. The molecule has 0 N–H and O–H groups in total. The largest absolute Gasteiger partial charge is 0.726 e. The van der Waals surface area contributed by atoms with Gasteiger partial charge < -0.3 is 8.67 Å². The van der Waals surface area contributed by atoms with E-state index in [4.69, 9.17) is 4.12 Å². The first kappa shape index (κ1) is 15.3. The summed E-state index contributed by atoms with van der Waals surface area (Å²) in [5, 5.41) is 0. The molecule has 92 valence electrons. The van der Waals surface area contributed by atoms with E-state index in [0.717, 1.165) is 0 Å². The summed E-state index contributed by atoms with van der Waals surface area (Å²) in [6.45, 7) is 10.1. The van der Waals surface area contributed by atoms with E-state index in [1.165, 1.54) is 0 Å². The van der Waals surface area contributed by atoms with Crippen molar-refractivity contribution in [2.24, 2.45) is 0 Å². The van der Waals surface area contributed by atoms with Gasteiger partial charge in [-0.15, -0.1) is 0 Å². The highest BCUT2D eigenvalue weighted by molar-refractivity contribution is 7.80. The predicted molar refractivity (Wildman–Crippen MR) is 62.4 cm³/mol. The summed E-state index contributed by atoms with van der Waals surface area (Å²) in [4.78, 5) is 0. The molecular weight excluding hydrogens is 252 g/mol. The Morgan fingerprint density at radius 3 is 1.93 bits per heavy atom. The van der Waals surface area contributed by atoms with Gasteiger partial charge in [-0.25, -0.2) is 8.42 Å². The second kappa shape index (κ2) is 5.06. The minimum Gasteiger partial charge on any atom is -0.726 e. The maximum Gasteiger partial charge on any atom is 0.217 e. The SMILES string of the molecule is C[Si](C)(C)O[Si](C)(C)CCOS(=O)(=O)[O-]. The Morgan fingerprint density at radius 2 is 1.60 bits per heavy atom. The quantitative estimate of drug-likeness (QED) is 0.416. The van der Waals surface area contributed by atoms with Gasteiger partial charge in [0.1, 0.15) is 0 Å². The molecule has 0 aliphatic carbocycles. The summed E-state index contributed by atoms with van der Waals surface area (Å²) in [5.74, 6) is 0. The van der Waals surface area contributed by atoms with E-state index >= 15 is 0 Å². The van der Waals surface area contributed by atoms with Crippen molar-refractivity contribution < 1.29 is 21.3 Å². The second-order valence-electron chi connectivity index (χ2n) is 4.95. The molecule has 0 bridgehead atoms. The fraction of sp³-hybridized carbons (Fsp3) is 1.00. The molecule has 0 heterocycles.